The third kappa shape index (κ3) is 6.82. The second-order valence-electron chi connectivity index (χ2n) is 11.5. The number of carbonyl (C=O) groups is 3. The van der Waals surface area contributed by atoms with E-state index in [0.717, 1.165) is 12.1 Å². The molecule has 0 radical (unpaired) electrons. The van der Waals surface area contributed by atoms with Gasteiger partial charge in [-0.25, -0.2) is 18.7 Å². The van der Waals surface area contributed by atoms with E-state index >= 15 is 0 Å². The molecule has 2 heterocycles. The molecule has 0 spiro atoms. The molecule has 11 nitrogen and oxygen atoms in total. The van der Waals surface area contributed by atoms with E-state index in [4.69, 9.17) is 4.74 Å². The number of rotatable bonds is 9. The SMILES string of the molecule is CN[C@@H](C)C(=O)N[C@H](C(=O)N1CCCC1C(=O)Nc1cc2c(Nc3c(F)cccc3F)ncnc2cc1OC)C(C)(C)C. The number of para-hydroxylation sites is 1. The van der Waals surface area contributed by atoms with Crippen LogP contribution in [0.5, 0.6) is 5.75 Å². The van der Waals surface area contributed by atoms with Crippen molar-refractivity contribution < 1.29 is 27.9 Å². The minimum absolute atomic E-state index is 0.115. The molecule has 43 heavy (non-hydrogen) atoms. The predicted molar refractivity (Wildman–Crippen MR) is 159 cm³/mol. The molecule has 1 saturated heterocycles. The van der Waals surface area contributed by atoms with Crippen molar-refractivity contribution in [3.05, 3.63) is 48.3 Å². The molecule has 1 aromatic heterocycles. The summed E-state index contributed by atoms with van der Waals surface area (Å²) in [4.78, 5) is 50.0. The van der Waals surface area contributed by atoms with Crippen molar-refractivity contribution in [3.8, 4) is 5.75 Å². The zero-order valence-electron chi connectivity index (χ0n) is 25.0. The Morgan fingerprint density at radius 2 is 1.81 bits per heavy atom. The number of carbonyl (C=O) groups excluding carboxylic acids is 3. The average Bonchev–Trinajstić information content (AvgIpc) is 3.46. The number of likely N-dealkylation sites (N-methyl/N-ethyl adjacent to an activating group) is 1. The highest BCUT2D eigenvalue weighted by Gasteiger charge is 2.42. The molecule has 2 aromatic carbocycles. The lowest BCUT2D eigenvalue weighted by Crippen LogP contribution is -2.59. The summed E-state index contributed by atoms with van der Waals surface area (Å²) in [6, 6.07) is 4.45. The first kappa shape index (κ1) is 31.5. The molecule has 3 atom stereocenters. The number of amides is 3. The normalized spacial score (nSPS) is 16.5. The van der Waals surface area contributed by atoms with Gasteiger partial charge in [-0.3, -0.25) is 14.4 Å². The van der Waals surface area contributed by atoms with Crippen LogP contribution in [0, 0.1) is 17.0 Å². The Labute approximate surface area is 248 Å². The summed E-state index contributed by atoms with van der Waals surface area (Å²) in [5.74, 6) is -2.31. The van der Waals surface area contributed by atoms with Gasteiger partial charge in [0.1, 0.15) is 47.3 Å². The van der Waals surface area contributed by atoms with Crippen LogP contribution in [0.25, 0.3) is 10.9 Å². The molecular formula is C30H37F2N7O4. The minimum atomic E-state index is -0.857. The number of ether oxygens (including phenoxy) is 1. The van der Waals surface area contributed by atoms with Gasteiger partial charge >= 0.3 is 0 Å². The number of nitrogens with zero attached hydrogens (tertiary/aromatic N) is 3. The first-order chi connectivity index (χ1) is 20.3. The molecule has 230 valence electrons. The van der Waals surface area contributed by atoms with E-state index in [1.54, 1.807) is 26.1 Å². The third-order valence-electron chi connectivity index (χ3n) is 7.49. The van der Waals surface area contributed by atoms with Crippen LogP contribution in [0.1, 0.15) is 40.5 Å². The Bertz CT molecular complexity index is 1510. The van der Waals surface area contributed by atoms with Crippen LogP contribution in [0.3, 0.4) is 0 Å². The van der Waals surface area contributed by atoms with Gasteiger partial charge in [0.25, 0.3) is 0 Å². The smallest absolute Gasteiger partial charge is 0.247 e. The number of aromatic nitrogens is 2. The van der Waals surface area contributed by atoms with Crippen molar-refractivity contribution >= 4 is 45.8 Å². The number of halogens is 2. The van der Waals surface area contributed by atoms with E-state index in [1.165, 1.54) is 24.4 Å². The van der Waals surface area contributed by atoms with Gasteiger partial charge in [0.15, 0.2) is 0 Å². The molecule has 1 aliphatic heterocycles. The molecule has 1 fully saturated rings. The Balaban J connectivity index is 1.62. The zero-order chi connectivity index (χ0) is 31.5. The van der Waals surface area contributed by atoms with Crippen molar-refractivity contribution in [3.63, 3.8) is 0 Å². The van der Waals surface area contributed by atoms with Gasteiger partial charge < -0.3 is 30.9 Å². The number of anilines is 3. The van der Waals surface area contributed by atoms with Crippen LogP contribution in [0.2, 0.25) is 0 Å². The van der Waals surface area contributed by atoms with Gasteiger partial charge in [0, 0.05) is 18.0 Å². The molecule has 4 N–H and O–H groups in total. The van der Waals surface area contributed by atoms with E-state index in [1.807, 2.05) is 20.8 Å². The standard InChI is InChI=1S/C30H37F2N7O4/c1-16(33-5)27(40)38-25(30(2,3)4)29(42)39-12-8-11-22(39)28(41)36-21-13-17-20(14-23(21)43-6)34-15-35-26(17)37-24-18(31)9-7-10-19(24)32/h7,9-10,13-16,22,25,33H,8,11-12H2,1-6H3,(H,36,41)(H,38,40)(H,34,35,37)/t16-,22?,25+/m0/s1. The topological polar surface area (TPSA) is 138 Å². The van der Waals surface area contributed by atoms with Crippen LogP contribution in [0.15, 0.2) is 36.7 Å². The molecule has 1 unspecified atom stereocenters. The maximum absolute atomic E-state index is 14.4. The Morgan fingerprint density at radius 1 is 1.12 bits per heavy atom. The van der Waals surface area contributed by atoms with E-state index in [2.05, 4.69) is 31.2 Å². The Hall–Kier alpha value is -4.39. The molecule has 1 aliphatic rings. The molecular weight excluding hydrogens is 560 g/mol. The van der Waals surface area contributed by atoms with Crippen LogP contribution < -0.4 is 26.0 Å². The number of hydrogen-bond donors (Lipinski definition) is 4. The van der Waals surface area contributed by atoms with Crippen LogP contribution in [-0.4, -0.2) is 71.4 Å². The van der Waals surface area contributed by atoms with Crippen molar-refractivity contribution in [2.45, 2.75) is 58.7 Å². The summed E-state index contributed by atoms with van der Waals surface area (Å²) in [5.41, 5.74) is -0.337. The van der Waals surface area contributed by atoms with Gasteiger partial charge in [-0.05, 0) is 50.4 Å². The maximum atomic E-state index is 14.4. The highest BCUT2D eigenvalue weighted by Crippen LogP contribution is 2.35. The summed E-state index contributed by atoms with van der Waals surface area (Å²) < 4.78 is 34.2. The molecule has 3 amide bonds. The summed E-state index contributed by atoms with van der Waals surface area (Å²) in [6.07, 6.45) is 2.27. The molecule has 0 saturated carbocycles. The fourth-order valence-corrected chi connectivity index (χ4v) is 4.92. The Kier molecular flexibility index (Phi) is 9.43. The number of nitrogens with one attached hydrogen (secondary N) is 4. The lowest BCUT2D eigenvalue weighted by atomic mass is 9.85. The number of fused-ring (bicyclic) bond motifs is 1. The maximum Gasteiger partial charge on any atom is 0.247 e. The Morgan fingerprint density at radius 3 is 2.44 bits per heavy atom. The summed E-state index contributed by atoms with van der Waals surface area (Å²) in [5, 5.41) is 11.6. The summed E-state index contributed by atoms with van der Waals surface area (Å²) in [7, 11) is 3.09. The van der Waals surface area contributed by atoms with Crippen molar-refractivity contribution in [1.29, 1.82) is 0 Å². The van der Waals surface area contributed by atoms with E-state index in [-0.39, 0.29) is 29.0 Å². The van der Waals surface area contributed by atoms with Gasteiger partial charge in [-0.15, -0.1) is 0 Å². The second-order valence-corrected chi connectivity index (χ2v) is 11.5. The first-order valence-corrected chi connectivity index (χ1v) is 14.0. The monoisotopic (exact) mass is 597 g/mol. The molecule has 3 aromatic rings. The van der Waals surface area contributed by atoms with Crippen LogP contribution in [0.4, 0.5) is 26.0 Å². The predicted octanol–water partition coefficient (Wildman–Crippen LogP) is 3.73. The fraction of sp³-hybridized carbons (Fsp3) is 0.433. The largest absolute Gasteiger partial charge is 0.494 e. The average molecular weight is 598 g/mol. The molecule has 0 bridgehead atoms. The summed E-state index contributed by atoms with van der Waals surface area (Å²) >= 11 is 0. The third-order valence-corrected chi connectivity index (χ3v) is 7.49. The lowest BCUT2D eigenvalue weighted by molar-refractivity contribution is -0.143. The number of hydrogen-bond acceptors (Lipinski definition) is 8. The van der Waals surface area contributed by atoms with Crippen molar-refractivity contribution in [2.24, 2.45) is 5.41 Å². The van der Waals surface area contributed by atoms with Gasteiger partial charge in [0.2, 0.25) is 17.7 Å². The van der Waals surface area contributed by atoms with Crippen LogP contribution >= 0.6 is 0 Å². The summed E-state index contributed by atoms with van der Waals surface area (Å²) in [6.45, 7) is 7.61. The van der Waals surface area contributed by atoms with Crippen molar-refractivity contribution in [2.75, 3.05) is 31.3 Å². The highest BCUT2D eigenvalue weighted by molar-refractivity contribution is 6.03. The molecule has 0 aliphatic carbocycles. The molecule has 13 heteroatoms. The molecule has 4 rings (SSSR count). The minimum Gasteiger partial charge on any atom is -0.494 e. The number of benzene rings is 2. The zero-order valence-corrected chi connectivity index (χ0v) is 25.0. The second kappa shape index (κ2) is 12.9. The van der Waals surface area contributed by atoms with Gasteiger partial charge in [-0.1, -0.05) is 26.8 Å². The van der Waals surface area contributed by atoms with Gasteiger partial charge in [-0.2, -0.15) is 0 Å². The van der Waals surface area contributed by atoms with E-state index in [0.29, 0.717) is 36.0 Å². The number of likely N-dealkylation sites (tertiary alicyclic amines) is 1. The fourth-order valence-electron chi connectivity index (χ4n) is 4.92. The van der Waals surface area contributed by atoms with Crippen molar-refractivity contribution in [1.82, 2.24) is 25.5 Å². The van der Waals surface area contributed by atoms with E-state index in [9.17, 15) is 23.2 Å². The lowest BCUT2D eigenvalue weighted by Gasteiger charge is -2.36. The first-order valence-electron chi connectivity index (χ1n) is 14.0. The number of methoxy groups -OCH3 is 1. The quantitative estimate of drug-likeness (QED) is 0.293. The highest BCUT2D eigenvalue weighted by atomic mass is 19.1. The van der Waals surface area contributed by atoms with Crippen LogP contribution in [-0.2, 0) is 14.4 Å². The van der Waals surface area contributed by atoms with E-state index < -0.39 is 41.1 Å². The van der Waals surface area contributed by atoms with Gasteiger partial charge in [0.05, 0.1) is 24.4 Å².